The summed E-state index contributed by atoms with van der Waals surface area (Å²) < 4.78 is 1.88. The maximum absolute atomic E-state index is 9.14. The van der Waals surface area contributed by atoms with Gasteiger partial charge in [-0.25, -0.2) is 0 Å². The van der Waals surface area contributed by atoms with E-state index in [0.29, 0.717) is 24.6 Å². The van der Waals surface area contributed by atoms with Crippen LogP contribution in [0.15, 0.2) is 6.20 Å². The number of nitrogens with one attached hydrogen (secondary N) is 1. The first-order chi connectivity index (χ1) is 8.60. The van der Waals surface area contributed by atoms with Crippen LogP contribution < -0.4 is 5.32 Å². The van der Waals surface area contributed by atoms with Gasteiger partial charge in [-0.05, 0) is 45.4 Å². The zero-order valence-corrected chi connectivity index (χ0v) is 11.7. The third kappa shape index (κ3) is 3.12. The van der Waals surface area contributed by atoms with Gasteiger partial charge in [0, 0.05) is 37.5 Å². The third-order valence-electron chi connectivity index (χ3n) is 4.11. The summed E-state index contributed by atoms with van der Waals surface area (Å²) in [6, 6.07) is 0.941. The molecule has 1 aromatic rings. The molecule has 1 aliphatic rings. The van der Waals surface area contributed by atoms with E-state index in [4.69, 9.17) is 5.11 Å². The van der Waals surface area contributed by atoms with Gasteiger partial charge in [-0.3, -0.25) is 4.68 Å². The number of aryl methyl sites for hydroxylation is 2. The molecule has 1 fully saturated rings. The molecule has 0 bridgehead atoms. The summed E-state index contributed by atoms with van der Waals surface area (Å²) in [5.41, 5.74) is 2.41. The van der Waals surface area contributed by atoms with E-state index in [-0.39, 0.29) is 0 Å². The van der Waals surface area contributed by atoms with Crippen LogP contribution >= 0.6 is 0 Å². The van der Waals surface area contributed by atoms with Crippen molar-refractivity contribution in [2.75, 3.05) is 6.61 Å². The lowest BCUT2D eigenvalue weighted by Gasteiger charge is -2.30. The lowest BCUT2D eigenvalue weighted by Crippen LogP contribution is -2.35. The first-order valence-electron chi connectivity index (χ1n) is 6.97. The highest BCUT2D eigenvalue weighted by Crippen LogP contribution is 2.26. The van der Waals surface area contributed by atoms with Gasteiger partial charge in [0.2, 0.25) is 0 Å². The number of hydrogen-bond donors (Lipinski definition) is 2. The second-order valence-electron chi connectivity index (χ2n) is 5.63. The Labute approximate surface area is 109 Å². The minimum absolute atomic E-state index is 0.351. The van der Waals surface area contributed by atoms with Gasteiger partial charge in [0.1, 0.15) is 0 Å². The van der Waals surface area contributed by atoms with Crippen LogP contribution in [0.3, 0.4) is 0 Å². The maximum Gasteiger partial charge on any atom is 0.0641 e. The highest BCUT2D eigenvalue weighted by Gasteiger charge is 2.22. The standard InChI is InChI=1S/C14H25N3O/c1-10(14-8-17(3)16-11(14)2)15-13-6-4-12(9-18)5-7-13/h8,10,12-13,15,18H,4-7,9H2,1-3H3. The fraction of sp³-hybridized carbons (Fsp3) is 0.786. The molecule has 1 heterocycles. The van der Waals surface area contributed by atoms with E-state index in [0.717, 1.165) is 18.5 Å². The molecule has 1 saturated carbocycles. The minimum atomic E-state index is 0.351. The molecule has 0 radical (unpaired) electrons. The molecule has 2 rings (SSSR count). The van der Waals surface area contributed by atoms with Gasteiger partial charge in [0.15, 0.2) is 0 Å². The second kappa shape index (κ2) is 5.85. The normalized spacial score (nSPS) is 26.2. The molecule has 4 nitrogen and oxygen atoms in total. The molecular weight excluding hydrogens is 226 g/mol. The van der Waals surface area contributed by atoms with Crippen LogP contribution in [0, 0.1) is 12.8 Å². The van der Waals surface area contributed by atoms with Crippen molar-refractivity contribution in [3.8, 4) is 0 Å². The fourth-order valence-electron chi connectivity index (χ4n) is 3.00. The number of hydrogen-bond acceptors (Lipinski definition) is 3. The van der Waals surface area contributed by atoms with Crippen molar-refractivity contribution in [2.24, 2.45) is 13.0 Å². The van der Waals surface area contributed by atoms with Crippen molar-refractivity contribution in [2.45, 2.75) is 51.6 Å². The Morgan fingerprint density at radius 1 is 1.44 bits per heavy atom. The van der Waals surface area contributed by atoms with Gasteiger partial charge in [0.05, 0.1) is 5.69 Å². The molecule has 0 aromatic carbocycles. The number of aromatic nitrogens is 2. The van der Waals surface area contributed by atoms with E-state index < -0.39 is 0 Å². The van der Waals surface area contributed by atoms with Crippen molar-refractivity contribution in [3.63, 3.8) is 0 Å². The van der Waals surface area contributed by atoms with Crippen LogP contribution in [0.4, 0.5) is 0 Å². The molecule has 0 amide bonds. The second-order valence-corrected chi connectivity index (χ2v) is 5.63. The summed E-state index contributed by atoms with van der Waals surface area (Å²) in [6.45, 7) is 4.63. The molecule has 1 unspecified atom stereocenters. The summed E-state index contributed by atoms with van der Waals surface area (Å²) in [7, 11) is 1.97. The number of aliphatic hydroxyl groups is 1. The fourth-order valence-corrected chi connectivity index (χ4v) is 3.00. The predicted octanol–water partition coefficient (Wildman–Crippen LogP) is 1.93. The molecule has 0 saturated heterocycles. The van der Waals surface area contributed by atoms with E-state index in [1.54, 1.807) is 0 Å². The lowest BCUT2D eigenvalue weighted by atomic mass is 9.86. The summed E-state index contributed by atoms with van der Waals surface area (Å²) in [6.07, 6.45) is 6.75. The highest BCUT2D eigenvalue weighted by atomic mass is 16.3. The molecule has 102 valence electrons. The van der Waals surface area contributed by atoms with Crippen LogP contribution in [-0.4, -0.2) is 27.5 Å². The van der Waals surface area contributed by atoms with Crippen LogP contribution in [0.1, 0.15) is 49.9 Å². The van der Waals surface area contributed by atoms with Crippen molar-refractivity contribution < 1.29 is 5.11 Å². The van der Waals surface area contributed by atoms with Crippen molar-refractivity contribution in [1.82, 2.24) is 15.1 Å². The summed E-state index contributed by atoms with van der Waals surface area (Å²) in [4.78, 5) is 0. The first-order valence-corrected chi connectivity index (χ1v) is 6.97. The van der Waals surface area contributed by atoms with Crippen molar-refractivity contribution >= 4 is 0 Å². The lowest BCUT2D eigenvalue weighted by molar-refractivity contribution is 0.172. The maximum atomic E-state index is 9.14. The largest absolute Gasteiger partial charge is 0.396 e. The van der Waals surface area contributed by atoms with Crippen molar-refractivity contribution in [1.29, 1.82) is 0 Å². The van der Waals surface area contributed by atoms with E-state index >= 15 is 0 Å². The minimum Gasteiger partial charge on any atom is -0.396 e. The van der Waals surface area contributed by atoms with Gasteiger partial charge in [0.25, 0.3) is 0 Å². The molecule has 1 atom stereocenters. The zero-order valence-electron chi connectivity index (χ0n) is 11.7. The average Bonchev–Trinajstić information content (AvgIpc) is 2.69. The monoisotopic (exact) mass is 251 g/mol. The Morgan fingerprint density at radius 2 is 2.11 bits per heavy atom. The summed E-state index contributed by atoms with van der Waals surface area (Å²) in [5.74, 6) is 0.526. The summed E-state index contributed by atoms with van der Waals surface area (Å²) in [5, 5.41) is 17.2. The van der Waals surface area contributed by atoms with Gasteiger partial charge in [-0.15, -0.1) is 0 Å². The van der Waals surface area contributed by atoms with E-state index in [2.05, 4.69) is 30.5 Å². The van der Waals surface area contributed by atoms with E-state index in [1.807, 2.05) is 11.7 Å². The Hall–Kier alpha value is -0.870. The van der Waals surface area contributed by atoms with Crippen LogP contribution in [-0.2, 0) is 7.05 Å². The molecule has 4 heteroatoms. The molecule has 1 aromatic heterocycles. The van der Waals surface area contributed by atoms with Crippen LogP contribution in [0.25, 0.3) is 0 Å². The van der Waals surface area contributed by atoms with Gasteiger partial charge in [-0.2, -0.15) is 5.10 Å². The SMILES string of the molecule is Cc1nn(C)cc1C(C)NC1CCC(CO)CC1. The molecule has 18 heavy (non-hydrogen) atoms. The van der Waals surface area contributed by atoms with Gasteiger partial charge < -0.3 is 10.4 Å². The highest BCUT2D eigenvalue weighted by molar-refractivity contribution is 5.19. The third-order valence-corrected chi connectivity index (χ3v) is 4.11. The topological polar surface area (TPSA) is 50.1 Å². The van der Waals surface area contributed by atoms with Gasteiger partial charge >= 0.3 is 0 Å². The Kier molecular flexibility index (Phi) is 4.40. The zero-order chi connectivity index (χ0) is 13.1. The number of nitrogens with zero attached hydrogens (tertiary/aromatic N) is 2. The van der Waals surface area contributed by atoms with Crippen molar-refractivity contribution in [3.05, 3.63) is 17.5 Å². The number of rotatable bonds is 4. The molecule has 1 aliphatic carbocycles. The summed E-state index contributed by atoms with van der Waals surface area (Å²) >= 11 is 0. The molecule has 0 aliphatic heterocycles. The van der Waals surface area contributed by atoms with Crippen LogP contribution in [0.2, 0.25) is 0 Å². The van der Waals surface area contributed by atoms with E-state index in [9.17, 15) is 0 Å². The Bertz CT molecular complexity index is 380. The molecule has 0 spiro atoms. The molecular formula is C14H25N3O. The Balaban J connectivity index is 1.88. The Morgan fingerprint density at radius 3 is 2.61 bits per heavy atom. The van der Waals surface area contributed by atoms with Gasteiger partial charge in [-0.1, -0.05) is 0 Å². The van der Waals surface area contributed by atoms with E-state index in [1.165, 1.54) is 18.4 Å². The van der Waals surface area contributed by atoms with Crippen LogP contribution in [0.5, 0.6) is 0 Å². The predicted molar refractivity (Wildman–Crippen MR) is 72.3 cm³/mol. The quantitative estimate of drug-likeness (QED) is 0.859. The number of aliphatic hydroxyl groups excluding tert-OH is 1. The molecule has 2 N–H and O–H groups in total. The first kappa shape index (κ1) is 13.6. The average molecular weight is 251 g/mol. The smallest absolute Gasteiger partial charge is 0.0641 e.